The standard InChI is InChI=1S/C17H18Cl3N/c1-10-4-5-11(2)13(8-10)12(3)21-9-14-15(18)6-7-16(19)17(14)20/h4-8,12,21H,9H2,1-3H3. The van der Waals surface area contributed by atoms with Gasteiger partial charge in [-0.15, -0.1) is 0 Å². The van der Waals surface area contributed by atoms with Crippen molar-refractivity contribution in [2.24, 2.45) is 0 Å². The highest BCUT2D eigenvalue weighted by molar-refractivity contribution is 6.44. The predicted octanol–water partition coefficient (Wildman–Crippen LogP) is 6.11. The lowest BCUT2D eigenvalue weighted by atomic mass is 10.00. The summed E-state index contributed by atoms with van der Waals surface area (Å²) >= 11 is 18.5. The summed E-state index contributed by atoms with van der Waals surface area (Å²) in [4.78, 5) is 0. The molecule has 1 atom stereocenters. The van der Waals surface area contributed by atoms with Gasteiger partial charge in [0.2, 0.25) is 0 Å². The van der Waals surface area contributed by atoms with Crippen LogP contribution in [0.15, 0.2) is 30.3 Å². The average Bonchev–Trinajstić information content (AvgIpc) is 2.45. The highest BCUT2D eigenvalue weighted by Crippen LogP contribution is 2.31. The van der Waals surface area contributed by atoms with Gasteiger partial charge in [0.15, 0.2) is 0 Å². The molecule has 0 aliphatic carbocycles. The Labute approximate surface area is 141 Å². The predicted molar refractivity (Wildman–Crippen MR) is 92.6 cm³/mol. The van der Waals surface area contributed by atoms with E-state index in [1.54, 1.807) is 12.1 Å². The Kier molecular flexibility index (Phi) is 5.56. The molecule has 0 heterocycles. The monoisotopic (exact) mass is 341 g/mol. The maximum Gasteiger partial charge on any atom is 0.0652 e. The molecule has 21 heavy (non-hydrogen) atoms. The molecule has 112 valence electrons. The van der Waals surface area contributed by atoms with E-state index in [4.69, 9.17) is 34.8 Å². The molecular weight excluding hydrogens is 325 g/mol. The third-order valence-electron chi connectivity index (χ3n) is 3.63. The number of aryl methyl sites for hydroxylation is 2. The highest BCUT2D eigenvalue weighted by atomic mass is 35.5. The molecule has 1 unspecified atom stereocenters. The van der Waals surface area contributed by atoms with Crippen LogP contribution in [0.2, 0.25) is 15.1 Å². The molecule has 0 saturated carbocycles. The number of nitrogens with one attached hydrogen (secondary N) is 1. The van der Waals surface area contributed by atoms with Gasteiger partial charge in [-0.2, -0.15) is 0 Å². The van der Waals surface area contributed by atoms with Crippen LogP contribution >= 0.6 is 34.8 Å². The van der Waals surface area contributed by atoms with Gasteiger partial charge in [-0.3, -0.25) is 0 Å². The summed E-state index contributed by atoms with van der Waals surface area (Å²) in [5.41, 5.74) is 4.64. The summed E-state index contributed by atoms with van der Waals surface area (Å²) in [6, 6.07) is 10.2. The van der Waals surface area contributed by atoms with Crippen LogP contribution < -0.4 is 5.32 Å². The summed E-state index contributed by atoms with van der Waals surface area (Å²) in [5.74, 6) is 0. The maximum atomic E-state index is 6.23. The SMILES string of the molecule is Cc1ccc(C)c(C(C)NCc2c(Cl)ccc(Cl)c2Cl)c1. The third kappa shape index (κ3) is 3.92. The van der Waals surface area contributed by atoms with Gasteiger partial charge >= 0.3 is 0 Å². The lowest BCUT2D eigenvalue weighted by molar-refractivity contribution is 0.572. The fraction of sp³-hybridized carbons (Fsp3) is 0.294. The molecule has 0 spiro atoms. The van der Waals surface area contributed by atoms with Crippen LogP contribution in [-0.2, 0) is 6.54 Å². The van der Waals surface area contributed by atoms with Gasteiger partial charge in [-0.05, 0) is 44.0 Å². The van der Waals surface area contributed by atoms with Crippen LogP contribution in [0.3, 0.4) is 0 Å². The smallest absolute Gasteiger partial charge is 0.0652 e. The van der Waals surface area contributed by atoms with Crippen LogP contribution in [0, 0.1) is 13.8 Å². The van der Waals surface area contributed by atoms with Gasteiger partial charge in [-0.1, -0.05) is 58.6 Å². The summed E-state index contributed by atoms with van der Waals surface area (Å²) in [5, 5.41) is 5.14. The Morgan fingerprint density at radius 3 is 2.38 bits per heavy atom. The van der Waals surface area contributed by atoms with Gasteiger partial charge in [0.05, 0.1) is 10.0 Å². The molecule has 0 aliphatic rings. The molecule has 0 bridgehead atoms. The maximum absolute atomic E-state index is 6.23. The van der Waals surface area contributed by atoms with E-state index >= 15 is 0 Å². The summed E-state index contributed by atoms with van der Waals surface area (Å²) in [7, 11) is 0. The number of hydrogen-bond acceptors (Lipinski definition) is 1. The molecule has 1 N–H and O–H groups in total. The zero-order valence-electron chi connectivity index (χ0n) is 12.3. The van der Waals surface area contributed by atoms with Crippen molar-refractivity contribution in [3.8, 4) is 0 Å². The first kappa shape index (κ1) is 16.6. The van der Waals surface area contributed by atoms with Gasteiger partial charge in [0.25, 0.3) is 0 Å². The molecule has 2 aromatic carbocycles. The first-order valence-electron chi connectivity index (χ1n) is 6.83. The summed E-state index contributed by atoms with van der Waals surface area (Å²) in [6.45, 7) is 6.92. The molecule has 4 heteroatoms. The first-order chi connectivity index (χ1) is 9.90. The lowest BCUT2D eigenvalue weighted by Crippen LogP contribution is -2.19. The van der Waals surface area contributed by atoms with Crippen molar-refractivity contribution in [2.45, 2.75) is 33.4 Å². The fourth-order valence-electron chi connectivity index (χ4n) is 2.32. The topological polar surface area (TPSA) is 12.0 Å². The van der Waals surface area contributed by atoms with Crippen molar-refractivity contribution in [2.75, 3.05) is 0 Å². The summed E-state index contributed by atoms with van der Waals surface area (Å²) < 4.78 is 0. The zero-order chi connectivity index (χ0) is 15.6. The van der Waals surface area contributed by atoms with E-state index < -0.39 is 0 Å². The van der Waals surface area contributed by atoms with Crippen molar-refractivity contribution in [1.82, 2.24) is 5.32 Å². The fourth-order valence-corrected chi connectivity index (χ4v) is 3.00. The second-order valence-electron chi connectivity index (χ2n) is 5.28. The van der Waals surface area contributed by atoms with Crippen molar-refractivity contribution in [3.05, 3.63) is 67.7 Å². The van der Waals surface area contributed by atoms with E-state index in [9.17, 15) is 0 Å². The molecule has 1 nitrogen and oxygen atoms in total. The molecule has 0 aliphatic heterocycles. The van der Waals surface area contributed by atoms with Gasteiger partial charge in [0.1, 0.15) is 0 Å². The molecule has 0 amide bonds. The van der Waals surface area contributed by atoms with Crippen LogP contribution in [0.1, 0.15) is 35.2 Å². The van der Waals surface area contributed by atoms with E-state index in [2.05, 4.69) is 44.3 Å². The van der Waals surface area contributed by atoms with Crippen LogP contribution in [0.4, 0.5) is 0 Å². The Balaban J connectivity index is 2.17. The number of benzene rings is 2. The average molecular weight is 343 g/mol. The molecule has 0 fully saturated rings. The van der Waals surface area contributed by atoms with Crippen molar-refractivity contribution < 1.29 is 0 Å². The van der Waals surface area contributed by atoms with E-state index in [0.717, 1.165) is 5.56 Å². The van der Waals surface area contributed by atoms with Crippen molar-refractivity contribution in [3.63, 3.8) is 0 Å². The minimum atomic E-state index is 0.205. The zero-order valence-corrected chi connectivity index (χ0v) is 14.6. The quantitative estimate of drug-likeness (QED) is 0.660. The van der Waals surface area contributed by atoms with E-state index in [1.165, 1.54) is 16.7 Å². The Morgan fingerprint density at radius 1 is 1.00 bits per heavy atom. The van der Waals surface area contributed by atoms with Crippen molar-refractivity contribution in [1.29, 1.82) is 0 Å². The highest BCUT2D eigenvalue weighted by Gasteiger charge is 2.13. The Bertz CT molecular complexity index is 653. The van der Waals surface area contributed by atoms with Gasteiger partial charge < -0.3 is 5.32 Å². The molecule has 0 aromatic heterocycles. The van der Waals surface area contributed by atoms with Crippen molar-refractivity contribution >= 4 is 34.8 Å². The third-order valence-corrected chi connectivity index (χ3v) is 4.82. The first-order valence-corrected chi connectivity index (χ1v) is 7.96. The lowest BCUT2D eigenvalue weighted by Gasteiger charge is -2.18. The van der Waals surface area contributed by atoms with Crippen LogP contribution in [0.5, 0.6) is 0 Å². The minimum Gasteiger partial charge on any atom is -0.306 e. The number of hydrogen-bond donors (Lipinski definition) is 1. The van der Waals surface area contributed by atoms with E-state index in [1.807, 2.05) is 0 Å². The van der Waals surface area contributed by atoms with E-state index in [-0.39, 0.29) is 6.04 Å². The minimum absolute atomic E-state index is 0.205. The second kappa shape index (κ2) is 7.02. The molecular formula is C17H18Cl3N. The van der Waals surface area contributed by atoms with Gasteiger partial charge in [-0.25, -0.2) is 0 Å². The van der Waals surface area contributed by atoms with Crippen LogP contribution in [-0.4, -0.2) is 0 Å². The Morgan fingerprint density at radius 2 is 1.67 bits per heavy atom. The summed E-state index contributed by atoms with van der Waals surface area (Å²) in [6.07, 6.45) is 0. The van der Waals surface area contributed by atoms with E-state index in [0.29, 0.717) is 21.6 Å². The molecule has 2 aromatic rings. The van der Waals surface area contributed by atoms with Crippen LogP contribution in [0.25, 0.3) is 0 Å². The van der Waals surface area contributed by atoms with Gasteiger partial charge in [0, 0.05) is 23.2 Å². The molecule has 0 saturated heterocycles. The normalized spacial score (nSPS) is 12.5. The number of halogens is 3. The molecule has 0 radical (unpaired) electrons. The number of rotatable bonds is 4. The molecule has 2 rings (SSSR count). The Hall–Kier alpha value is -0.730. The largest absolute Gasteiger partial charge is 0.306 e. The second-order valence-corrected chi connectivity index (χ2v) is 6.48.